The van der Waals surface area contributed by atoms with Crippen molar-refractivity contribution in [3.05, 3.63) is 10.1 Å². The van der Waals surface area contributed by atoms with Crippen LogP contribution in [0.3, 0.4) is 0 Å². The number of ether oxygens (including phenoxy) is 2. The monoisotopic (exact) mass is 728 g/mol. The van der Waals surface area contributed by atoms with Gasteiger partial charge in [-0.25, -0.2) is 15.1 Å². The SMILES string of the molecule is CCCCCCC(=O)OC[C@H](CCCN=C(N)N[N+](=O)[O-])C(C)(C)C.CCCCCCCCCC(=O)OC[C@H](CCCNC(N)=NC)C(C)(C)C. The van der Waals surface area contributed by atoms with E-state index in [0.717, 1.165) is 70.8 Å². The number of nitrogens with zero attached hydrogens (tertiary/aromatic N) is 3. The Labute approximate surface area is 310 Å². The highest BCUT2D eigenvalue weighted by Crippen LogP contribution is 2.31. The van der Waals surface area contributed by atoms with Crippen molar-refractivity contribution in [2.75, 3.05) is 33.4 Å². The van der Waals surface area contributed by atoms with Crippen LogP contribution in [0, 0.1) is 32.8 Å². The number of carbonyl (C=O) groups is 2. The highest BCUT2D eigenvalue weighted by Gasteiger charge is 2.26. The molecule has 0 aliphatic carbocycles. The molecule has 0 saturated heterocycles. The molecule has 0 aromatic carbocycles. The van der Waals surface area contributed by atoms with Crippen molar-refractivity contribution in [2.24, 2.45) is 44.1 Å². The Morgan fingerprint density at radius 3 is 1.57 bits per heavy atom. The summed E-state index contributed by atoms with van der Waals surface area (Å²) in [7, 11) is 1.67. The Bertz CT molecular complexity index is 977. The predicted molar refractivity (Wildman–Crippen MR) is 210 cm³/mol. The second kappa shape index (κ2) is 30.5. The summed E-state index contributed by atoms with van der Waals surface area (Å²) in [6.07, 6.45) is 17.3. The summed E-state index contributed by atoms with van der Waals surface area (Å²) >= 11 is 0. The molecule has 0 radical (unpaired) electrons. The van der Waals surface area contributed by atoms with Crippen LogP contribution < -0.4 is 22.2 Å². The molecule has 13 heteroatoms. The molecule has 2 atom stereocenters. The van der Waals surface area contributed by atoms with Crippen molar-refractivity contribution in [1.82, 2.24) is 10.7 Å². The van der Waals surface area contributed by atoms with Gasteiger partial charge in [-0.1, -0.05) is 119 Å². The summed E-state index contributed by atoms with van der Waals surface area (Å²) in [5.41, 5.74) is 12.9. The minimum atomic E-state index is -0.739. The van der Waals surface area contributed by atoms with Crippen LogP contribution in [0.2, 0.25) is 0 Å². The standard InChI is InChI=1S/C21H43N3O2.C17H34N4O4/c1-6-7-8-9-10-11-12-15-19(25)26-17-18(21(2,3)4)14-13-16-24-20(22)23-5;1-5-6-7-8-11-15(22)25-13-14(17(2,3)4)10-9-12-19-16(18)20-21(23)24/h18H,6-17H2,1-5H3,(H3,22,23,24);14H,5-13H2,1-4H3,(H3,18,19,20)/t18-;14-/m00/s1. The molecule has 0 aromatic heterocycles. The Balaban J connectivity index is 0. The van der Waals surface area contributed by atoms with Gasteiger partial charge in [0, 0.05) is 33.0 Å². The Morgan fingerprint density at radius 2 is 1.14 bits per heavy atom. The number of nitro groups is 1. The molecule has 0 amide bonds. The summed E-state index contributed by atoms with van der Waals surface area (Å²) in [6.45, 7) is 19.4. The molecule has 0 heterocycles. The molecule has 51 heavy (non-hydrogen) atoms. The Kier molecular flexibility index (Phi) is 29.9. The van der Waals surface area contributed by atoms with E-state index >= 15 is 0 Å². The van der Waals surface area contributed by atoms with Crippen LogP contribution in [-0.2, 0) is 19.1 Å². The van der Waals surface area contributed by atoms with Gasteiger partial charge in [0.05, 0.1) is 13.2 Å². The summed E-state index contributed by atoms with van der Waals surface area (Å²) < 4.78 is 11.0. The zero-order valence-corrected chi connectivity index (χ0v) is 33.9. The van der Waals surface area contributed by atoms with E-state index in [1.54, 1.807) is 7.05 Å². The van der Waals surface area contributed by atoms with Crippen LogP contribution in [0.1, 0.15) is 165 Å². The number of carbonyl (C=O) groups excluding carboxylic acids is 2. The van der Waals surface area contributed by atoms with E-state index in [9.17, 15) is 19.7 Å². The number of rotatable bonds is 26. The molecule has 13 nitrogen and oxygen atoms in total. The molecular weight excluding hydrogens is 650 g/mol. The van der Waals surface area contributed by atoms with Crippen LogP contribution in [0.5, 0.6) is 0 Å². The zero-order valence-electron chi connectivity index (χ0n) is 33.9. The smallest absolute Gasteiger partial charge is 0.305 e. The average molecular weight is 728 g/mol. The number of aliphatic imine (C=N–C) groups is 2. The molecule has 0 saturated carbocycles. The summed E-state index contributed by atoms with van der Waals surface area (Å²) in [5.74, 6) is 0.638. The summed E-state index contributed by atoms with van der Waals surface area (Å²) in [5, 5.41) is 12.6. The minimum absolute atomic E-state index is 0.00314. The molecule has 0 unspecified atom stereocenters. The fourth-order valence-corrected chi connectivity index (χ4v) is 5.30. The minimum Gasteiger partial charge on any atom is -0.465 e. The van der Waals surface area contributed by atoms with Crippen LogP contribution in [0.4, 0.5) is 0 Å². The van der Waals surface area contributed by atoms with Crippen molar-refractivity contribution in [1.29, 1.82) is 0 Å². The first-order chi connectivity index (χ1) is 24.0. The van der Waals surface area contributed by atoms with E-state index in [1.165, 1.54) is 32.1 Å². The van der Waals surface area contributed by atoms with Crippen molar-refractivity contribution in [3.63, 3.8) is 0 Å². The van der Waals surface area contributed by atoms with Gasteiger partial charge in [0.25, 0.3) is 5.96 Å². The summed E-state index contributed by atoms with van der Waals surface area (Å²) in [6, 6.07) is 0. The lowest BCUT2D eigenvalue weighted by molar-refractivity contribution is -0.525. The third-order valence-corrected chi connectivity index (χ3v) is 9.03. The number of esters is 2. The first-order valence-electron chi connectivity index (χ1n) is 19.5. The van der Waals surface area contributed by atoms with Gasteiger partial charge in [0.15, 0.2) is 11.0 Å². The Morgan fingerprint density at radius 1 is 0.706 bits per heavy atom. The lowest BCUT2D eigenvalue weighted by Gasteiger charge is -2.30. The normalized spacial score (nSPS) is 13.4. The van der Waals surface area contributed by atoms with Gasteiger partial charge >= 0.3 is 11.9 Å². The number of hydrogen-bond acceptors (Lipinski definition) is 8. The highest BCUT2D eigenvalue weighted by molar-refractivity contribution is 5.77. The molecule has 300 valence electrons. The maximum absolute atomic E-state index is 12.0. The van der Waals surface area contributed by atoms with Crippen molar-refractivity contribution >= 4 is 23.9 Å². The topological polar surface area (TPSA) is 197 Å². The first kappa shape index (κ1) is 50.0. The first-order valence-corrected chi connectivity index (χ1v) is 19.5. The van der Waals surface area contributed by atoms with E-state index < -0.39 is 5.03 Å². The molecule has 0 fully saturated rings. The molecule has 6 N–H and O–H groups in total. The van der Waals surface area contributed by atoms with E-state index in [2.05, 4.69) is 70.7 Å². The second-order valence-corrected chi connectivity index (χ2v) is 15.6. The number of nitrogens with one attached hydrogen (secondary N) is 2. The number of hydrogen-bond donors (Lipinski definition) is 4. The number of hydrazine groups is 1. The van der Waals surface area contributed by atoms with Crippen molar-refractivity contribution in [2.45, 2.75) is 165 Å². The maximum atomic E-state index is 12.0. The van der Waals surface area contributed by atoms with Crippen molar-refractivity contribution < 1.29 is 24.1 Å². The van der Waals surface area contributed by atoms with E-state index in [1.807, 2.05) is 5.43 Å². The number of unbranched alkanes of at least 4 members (excludes halogenated alkanes) is 9. The van der Waals surface area contributed by atoms with Gasteiger partial charge in [-0.15, -0.1) is 0 Å². The van der Waals surface area contributed by atoms with Crippen molar-refractivity contribution in [3.8, 4) is 0 Å². The number of guanidine groups is 2. The van der Waals surface area contributed by atoms with Crippen LogP contribution in [-0.4, -0.2) is 62.2 Å². The fourth-order valence-electron chi connectivity index (χ4n) is 5.30. The van der Waals surface area contributed by atoms with Gasteiger partial charge in [-0.3, -0.25) is 14.6 Å². The molecule has 0 bridgehead atoms. The van der Waals surface area contributed by atoms with Crippen LogP contribution in [0.15, 0.2) is 9.98 Å². The second-order valence-electron chi connectivity index (χ2n) is 15.6. The molecule has 0 aliphatic heterocycles. The third kappa shape index (κ3) is 32.5. The third-order valence-electron chi connectivity index (χ3n) is 9.03. The fraction of sp³-hybridized carbons (Fsp3) is 0.895. The van der Waals surface area contributed by atoms with E-state index in [4.69, 9.17) is 20.9 Å². The quantitative estimate of drug-likeness (QED) is 0.0171. The highest BCUT2D eigenvalue weighted by atomic mass is 16.7. The lowest BCUT2D eigenvalue weighted by Crippen LogP contribution is -2.36. The number of nitrogens with two attached hydrogens (primary N) is 2. The van der Waals surface area contributed by atoms with Gasteiger partial charge in [0.2, 0.25) is 0 Å². The molecule has 0 aromatic rings. The molecule has 0 spiro atoms. The predicted octanol–water partition coefficient (Wildman–Crippen LogP) is 7.69. The maximum Gasteiger partial charge on any atom is 0.305 e. The van der Waals surface area contributed by atoms with Gasteiger partial charge < -0.3 is 26.3 Å². The largest absolute Gasteiger partial charge is 0.465 e. The Hall–Kier alpha value is -3.12. The molecule has 0 rings (SSSR count). The van der Waals surface area contributed by atoms with Crippen LogP contribution in [0.25, 0.3) is 0 Å². The zero-order chi connectivity index (χ0) is 39.1. The van der Waals surface area contributed by atoms with E-state index in [-0.39, 0.29) is 34.6 Å². The lowest BCUT2D eigenvalue weighted by atomic mass is 9.78. The van der Waals surface area contributed by atoms with Gasteiger partial charge in [-0.05, 0) is 61.2 Å². The average Bonchev–Trinajstić information content (AvgIpc) is 3.04. The van der Waals surface area contributed by atoms with Gasteiger partial charge in [-0.2, -0.15) is 0 Å². The molecular formula is C38H77N7O6. The van der Waals surface area contributed by atoms with E-state index in [0.29, 0.717) is 44.5 Å². The summed E-state index contributed by atoms with van der Waals surface area (Å²) in [4.78, 5) is 41.8. The van der Waals surface area contributed by atoms with Gasteiger partial charge in [0.1, 0.15) is 0 Å². The molecule has 0 aliphatic rings. The van der Waals surface area contributed by atoms with Crippen LogP contribution >= 0.6 is 0 Å².